The number of rotatable bonds is 4. The standard InChI is InChI=1S/C19H15ClN2O3/c1-2-7-24-16-6-3-11(8-15(16)20)18-13-5-4-12(23)9-17(13)25-19(22)14(18)10-21/h2-6,8-9,18,23H,1,7,22H2/t18-/m0/s1. The third-order valence-electron chi connectivity index (χ3n) is 3.85. The largest absolute Gasteiger partial charge is 0.508 e. The van der Waals surface area contributed by atoms with Crippen LogP contribution in [0.5, 0.6) is 17.2 Å². The van der Waals surface area contributed by atoms with Crippen LogP contribution in [-0.4, -0.2) is 11.7 Å². The number of allylic oxidation sites excluding steroid dienone is 1. The zero-order chi connectivity index (χ0) is 18.0. The molecule has 1 aliphatic heterocycles. The summed E-state index contributed by atoms with van der Waals surface area (Å²) in [6, 6.07) is 12.1. The molecule has 126 valence electrons. The Morgan fingerprint density at radius 1 is 1.36 bits per heavy atom. The molecule has 0 aromatic heterocycles. The normalized spacial score (nSPS) is 15.8. The molecule has 1 heterocycles. The first kappa shape index (κ1) is 16.7. The van der Waals surface area contributed by atoms with E-state index in [4.69, 9.17) is 26.8 Å². The van der Waals surface area contributed by atoms with Crippen LogP contribution in [0.15, 0.2) is 60.5 Å². The molecule has 0 amide bonds. The summed E-state index contributed by atoms with van der Waals surface area (Å²) in [7, 11) is 0. The predicted molar refractivity (Wildman–Crippen MR) is 94.5 cm³/mol. The second kappa shape index (κ2) is 6.80. The molecule has 5 nitrogen and oxygen atoms in total. The van der Waals surface area contributed by atoms with Crippen molar-refractivity contribution in [3.05, 3.63) is 76.7 Å². The first-order valence-corrected chi connectivity index (χ1v) is 7.86. The molecule has 0 radical (unpaired) electrons. The highest BCUT2D eigenvalue weighted by Gasteiger charge is 2.31. The number of phenols is 1. The van der Waals surface area contributed by atoms with Gasteiger partial charge in [-0.2, -0.15) is 5.26 Å². The molecule has 0 saturated carbocycles. The fourth-order valence-electron chi connectivity index (χ4n) is 2.75. The Balaban J connectivity index is 2.10. The van der Waals surface area contributed by atoms with Crippen molar-refractivity contribution in [1.82, 2.24) is 0 Å². The maximum atomic E-state index is 9.67. The number of hydrogen-bond donors (Lipinski definition) is 2. The average Bonchev–Trinajstić information content (AvgIpc) is 2.59. The Labute approximate surface area is 150 Å². The molecular formula is C19H15ClN2O3. The van der Waals surface area contributed by atoms with Crippen LogP contribution in [0.1, 0.15) is 17.0 Å². The summed E-state index contributed by atoms with van der Waals surface area (Å²) in [6.07, 6.45) is 1.63. The SMILES string of the molecule is C=CCOc1ccc([C@@H]2C(C#N)=C(N)Oc3cc(O)ccc32)cc1Cl. The lowest BCUT2D eigenvalue weighted by Crippen LogP contribution is -2.21. The summed E-state index contributed by atoms with van der Waals surface area (Å²) < 4.78 is 11.0. The average molecular weight is 355 g/mol. The van der Waals surface area contributed by atoms with Crippen LogP contribution in [0.2, 0.25) is 5.02 Å². The minimum absolute atomic E-state index is 0.00806. The highest BCUT2D eigenvalue weighted by atomic mass is 35.5. The van der Waals surface area contributed by atoms with Crippen LogP contribution >= 0.6 is 11.6 Å². The molecular weight excluding hydrogens is 340 g/mol. The monoisotopic (exact) mass is 354 g/mol. The molecule has 0 unspecified atom stereocenters. The molecule has 0 fully saturated rings. The first-order valence-electron chi connectivity index (χ1n) is 7.48. The Hall–Kier alpha value is -3.10. The Morgan fingerprint density at radius 2 is 2.16 bits per heavy atom. The fourth-order valence-corrected chi connectivity index (χ4v) is 2.99. The van der Waals surface area contributed by atoms with Crippen molar-refractivity contribution in [2.45, 2.75) is 5.92 Å². The number of nitrogens with two attached hydrogens (primary N) is 1. The summed E-state index contributed by atoms with van der Waals surface area (Å²) >= 11 is 6.30. The molecule has 0 aliphatic carbocycles. The second-order valence-corrected chi connectivity index (χ2v) is 5.84. The molecule has 0 spiro atoms. The van der Waals surface area contributed by atoms with Gasteiger partial charge in [-0.1, -0.05) is 36.4 Å². The van der Waals surface area contributed by atoms with Gasteiger partial charge in [-0.15, -0.1) is 0 Å². The molecule has 0 saturated heterocycles. The van der Waals surface area contributed by atoms with Crippen molar-refractivity contribution in [1.29, 1.82) is 5.26 Å². The van der Waals surface area contributed by atoms with Crippen molar-refractivity contribution >= 4 is 11.6 Å². The number of aromatic hydroxyl groups is 1. The third-order valence-corrected chi connectivity index (χ3v) is 4.14. The van der Waals surface area contributed by atoms with E-state index in [9.17, 15) is 10.4 Å². The molecule has 2 aromatic rings. The van der Waals surface area contributed by atoms with Gasteiger partial charge in [-0.3, -0.25) is 0 Å². The van der Waals surface area contributed by atoms with Crippen LogP contribution < -0.4 is 15.2 Å². The minimum Gasteiger partial charge on any atom is -0.508 e. The van der Waals surface area contributed by atoms with Gasteiger partial charge in [0.1, 0.15) is 35.5 Å². The number of nitriles is 1. The van der Waals surface area contributed by atoms with Crippen LogP contribution in [0.3, 0.4) is 0 Å². The van der Waals surface area contributed by atoms with Gasteiger partial charge in [-0.05, 0) is 23.8 Å². The van der Waals surface area contributed by atoms with Gasteiger partial charge in [0.05, 0.1) is 10.9 Å². The van der Waals surface area contributed by atoms with Gasteiger partial charge in [0, 0.05) is 11.6 Å². The van der Waals surface area contributed by atoms with Crippen molar-refractivity contribution < 1.29 is 14.6 Å². The topological polar surface area (TPSA) is 88.5 Å². The van der Waals surface area contributed by atoms with E-state index in [0.717, 1.165) is 11.1 Å². The lowest BCUT2D eigenvalue weighted by atomic mass is 9.83. The summed E-state index contributed by atoms with van der Waals surface area (Å²) in [5.74, 6) is 0.550. The van der Waals surface area contributed by atoms with Gasteiger partial charge in [-0.25, -0.2) is 0 Å². The summed E-state index contributed by atoms with van der Waals surface area (Å²) in [6.45, 7) is 3.94. The van der Waals surface area contributed by atoms with Crippen LogP contribution in [0.25, 0.3) is 0 Å². The number of nitrogens with zero attached hydrogens (tertiary/aromatic N) is 1. The lowest BCUT2D eigenvalue weighted by molar-refractivity contribution is 0.363. The molecule has 3 rings (SSSR count). The van der Waals surface area contributed by atoms with Gasteiger partial charge >= 0.3 is 0 Å². The number of halogens is 1. The van der Waals surface area contributed by atoms with E-state index in [1.165, 1.54) is 12.1 Å². The molecule has 1 aliphatic rings. The maximum absolute atomic E-state index is 9.67. The number of benzene rings is 2. The Bertz CT molecular complexity index is 915. The zero-order valence-corrected chi connectivity index (χ0v) is 14.0. The summed E-state index contributed by atoms with van der Waals surface area (Å²) in [5, 5.41) is 19.6. The highest BCUT2D eigenvalue weighted by molar-refractivity contribution is 6.32. The Morgan fingerprint density at radius 3 is 2.84 bits per heavy atom. The number of fused-ring (bicyclic) bond motifs is 1. The van der Waals surface area contributed by atoms with Crippen LogP contribution in [0.4, 0.5) is 0 Å². The number of phenolic OH excluding ortho intramolecular Hbond substituents is 1. The predicted octanol–water partition coefficient (Wildman–Crippen LogP) is 3.83. The van der Waals surface area contributed by atoms with Crippen molar-refractivity contribution in [3.63, 3.8) is 0 Å². The van der Waals surface area contributed by atoms with Crippen LogP contribution in [0, 0.1) is 11.3 Å². The molecule has 1 atom stereocenters. The maximum Gasteiger partial charge on any atom is 0.205 e. The molecule has 25 heavy (non-hydrogen) atoms. The Kier molecular flexibility index (Phi) is 4.55. The van der Waals surface area contributed by atoms with E-state index >= 15 is 0 Å². The van der Waals surface area contributed by atoms with Gasteiger partial charge < -0.3 is 20.3 Å². The fraction of sp³-hybridized carbons (Fsp3) is 0.105. The molecule has 0 bridgehead atoms. The van der Waals surface area contributed by atoms with Crippen LogP contribution in [-0.2, 0) is 0 Å². The second-order valence-electron chi connectivity index (χ2n) is 5.44. The zero-order valence-electron chi connectivity index (χ0n) is 13.2. The minimum atomic E-state index is -0.444. The molecule has 6 heteroatoms. The first-order chi connectivity index (χ1) is 12.0. The third kappa shape index (κ3) is 3.12. The van der Waals surface area contributed by atoms with E-state index in [1.807, 2.05) is 6.07 Å². The lowest BCUT2D eigenvalue weighted by Gasteiger charge is -2.26. The van der Waals surface area contributed by atoms with E-state index in [2.05, 4.69) is 12.6 Å². The molecule has 3 N–H and O–H groups in total. The van der Waals surface area contributed by atoms with E-state index < -0.39 is 5.92 Å². The quantitative estimate of drug-likeness (QED) is 0.814. The number of hydrogen-bond acceptors (Lipinski definition) is 5. The van der Waals surface area contributed by atoms with Crippen molar-refractivity contribution in [2.75, 3.05) is 6.61 Å². The summed E-state index contributed by atoms with van der Waals surface area (Å²) in [5.41, 5.74) is 7.68. The van der Waals surface area contributed by atoms with E-state index in [0.29, 0.717) is 23.1 Å². The van der Waals surface area contributed by atoms with Gasteiger partial charge in [0.25, 0.3) is 0 Å². The summed E-state index contributed by atoms with van der Waals surface area (Å²) in [4.78, 5) is 0. The molecule has 2 aromatic carbocycles. The van der Waals surface area contributed by atoms with E-state index in [-0.39, 0.29) is 17.2 Å². The van der Waals surface area contributed by atoms with Gasteiger partial charge in [0.2, 0.25) is 5.88 Å². The smallest absolute Gasteiger partial charge is 0.205 e. The highest BCUT2D eigenvalue weighted by Crippen LogP contribution is 2.44. The van der Waals surface area contributed by atoms with E-state index in [1.54, 1.807) is 24.3 Å². The van der Waals surface area contributed by atoms with Crippen molar-refractivity contribution in [2.24, 2.45) is 5.73 Å². The van der Waals surface area contributed by atoms with Crippen molar-refractivity contribution in [3.8, 4) is 23.3 Å². The number of ether oxygens (including phenoxy) is 2. The van der Waals surface area contributed by atoms with Gasteiger partial charge in [0.15, 0.2) is 0 Å².